The largest absolute Gasteiger partial charge is 0.507 e. The van der Waals surface area contributed by atoms with Gasteiger partial charge >= 0.3 is 0 Å². The summed E-state index contributed by atoms with van der Waals surface area (Å²) in [5.74, 6) is 0.367. The fraction of sp³-hybridized carbons (Fsp3) is 0.462. The molecular formula is C13H18N2O3. The van der Waals surface area contributed by atoms with E-state index < -0.39 is 0 Å². The van der Waals surface area contributed by atoms with E-state index in [1.54, 1.807) is 17.0 Å². The van der Waals surface area contributed by atoms with Gasteiger partial charge in [0.25, 0.3) is 5.91 Å². The molecule has 0 unspecified atom stereocenters. The second-order valence-corrected chi connectivity index (χ2v) is 4.49. The minimum Gasteiger partial charge on any atom is -0.507 e. The van der Waals surface area contributed by atoms with Crippen molar-refractivity contribution >= 4 is 5.91 Å². The normalized spacial score (nSPS) is 19.7. The molecule has 0 radical (unpaired) electrons. The van der Waals surface area contributed by atoms with Crippen molar-refractivity contribution in [1.82, 2.24) is 10.2 Å². The first kappa shape index (κ1) is 12.7. The SMILES string of the molecule is COc1ccc(C(=O)N2CCN[C@@H](C)C2)c(O)c1. The maximum atomic E-state index is 12.3. The highest BCUT2D eigenvalue weighted by atomic mass is 16.5. The van der Waals surface area contributed by atoms with E-state index in [-0.39, 0.29) is 17.7 Å². The molecule has 1 atom stereocenters. The average Bonchev–Trinajstić information content (AvgIpc) is 2.37. The molecule has 18 heavy (non-hydrogen) atoms. The van der Waals surface area contributed by atoms with Gasteiger partial charge < -0.3 is 20.1 Å². The van der Waals surface area contributed by atoms with Crippen LogP contribution in [0.2, 0.25) is 0 Å². The van der Waals surface area contributed by atoms with Crippen LogP contribution in [0.4, 0.5) is 0 Å². The topological polar surface area (TPSA) is 61.8 Å². The summed E-state index contributed by atoms with van der Waals surface area (Å²) in [6, 6.07) is 5.02. The standard InChI is InChI=1S/C13H18N2O3/c1-9-8-15(6-5-14-9)13(17)11-4-3-10(18-2)7-12(11)16/h3-4,7,9,14,16H,5-6,8H2,1-2H3/t9-/m0/s1. The van der Waals surface area contributed by atoms with Crippen LogP contribution in [0.5, 0.6) is 11.5 Å². The summed E-state index contributed by atoms with van der Waals surface area (Å²) < 4.78 is 5.00. The molecule has 1 fully saturated rings. The summed E-state index contributed by atoms with van der Waals surface area (Å²) in [5.41, 5.74) is 0.324. The van der Waals surface area contributed by atoms with E-state index in [1.807, 2.05) is 6.92 Å². The minimum absolute atomic E-state index is 0.0365. The van der Waals surface area contributed by atoms with Crippen molar-refractivity contribution in [3.8, 4) is 11.5 Å². The zero-order chi connectivity index (χ0) is 13.1. The number of carbonyl (C=O) groups excluding carboxylic acids is 1. The zero-order valence-corrected chi connectivity index (χ0v) is 10.6. The number of nitrogens with zero attached hydrogens (tertiary/aromatic N) is 1. The van der Waals surface area contributed by atoms with Gasteiger partial charge in [0.15, 0.2) is 0 Å². The third kappa shape index (κ3) is 2.56. The van der Waals surface area contributed by atoms with E-state index in [0.29, 0.717) is 24.4 Å². The predicted molar refractivity (Wildman–Crippen MR) is 68.0 cm³/mol. The number of benzene rings is 1. The second-order valence-electron chi connectivity index (χ2n) is 4.49. The van der Waals surface area contributed by atoms with Crippen molar-refractivity contribution in [2.75, 3.05) is 26.7 Å². The van der Waals surface area contributed by atoms with Gasteiger partial charge in [-0.25, -0.2) is 0 Å². The first-order valence-corrected chi connectivity index (χ1v) is 6.01. The molecule has 1 amide bonds. The molecule has 2 rings (SSSR count). The molecule has 1 saturated heterocycles. The summed E-state index contributed by atoms with van der Waals surface area (Å²) in [7, 11) is 1.52. The molecule has 0 saturated carbocycles. The Morgan fingerprint density at radius 3 is 2.94 bits per heavy atom. The lowest BCUT2D eigenvalue weighted by molar-refractivity contribution is 0.0706. The van der Waals surface area contributed by atoms with Gasteiger partial charge in [0.05, 0.1) is 12.7 Å². The molecule has 2 N–H and O–H groups in total. The van der Waals surface area contributed by atoms with Crippen molar-refractivity contribution in [2.45, 2.75) is 13.0 Å². The van der Waals surface area contributed by atoms with Crippen LogP contribution in [0.25, 0.3) is 0 Å². The number of rotatable bonds is 2. The summed E-state index contributed by atoms with van der Waals surface area (Å²) >= 11 is 0. The molecule has 0 aromatic heterocycles. The molecule has 98 valence electrons. The Labute approximate surface area is 106 Å². The molecule has 1 aromatic rings. The van der Waals surface area contributed by atoms with E-state index in [2.05, 4.69) is 5.32 Å². The fourth-order valence-corrected chi connectivity index (χ4v) is 2.11. The lowest BCUT2D eigenvalue weighted by Crippen LogP contribution is -2.51. The summed E-state index contributed by atoms with van der Waals surface area (Å²) in [5, 5.41) is 13.1. The maximum Gasteiger partial charge on any atom is 0.257 e. The monoisotopic (exact) mass is 250 g/mol. The van der Waals surface area contributed by atoms with E-state index in [4.69, 9.17) is 4.74 Å². The Kier molecular flexibility index (Phi) is 3.72. The number of aromatic hydroxyl groups is 1. The van der Waals surface area contributed by atoms with Crippen molar-refractivity contribution in [3.05, 3.63) is 23.8 Å². The Balaban J connectivity index is 2.17. The number of piperazine rings is 1. The molecule has 0 spiro atoms. The van der Waals surface area contributed by atoms with Crippen LogP contribution in [0.1, 0.15) is 17.3 Å². The van der Waals surface area contributed by atoms with Crippen LogP contribution in [-0.4, -0.2) is 48.7 Å². The van der Waals surface area contributed by atoms with Crippen molar-refractivity contribution in [2.24, 2.45) is 0 Å². The Bertz CT molecular complexity index is 448. The summed E-state index contributed by atoms with van der Waals surface area (Å²) in [4.78, 5) is 14.0. The lowest BCUT2D eigenvalue weighted by atomic mass is 10.1. The quantitative estimate of drug-likeness (QED) is 0.816. The third-order valence-corrected chi connectivity index (χ3v) is 3.09. The lowest BCUT2D eigenvalue weighted by Gasteiger charge is -2.32. The first-order chi connectivity index (χ1) is 8.61. The van der Waals surface area contributed by atoms with Gasteiger partial charge in [-0.1, -0.05) is 0 Å². The van der Waals surface area contributed by atoms with E-state index in [1.165, 1.54) is 13.2 Å². The van der Waals surface area contributed by atoms with Gasteiger partial charge in [0.1, 0.15) is 11.5 Å². The van der Waals surface area contributed by atoms with Gasteiger partial charge in [-0.3, -0.25) is 4.79 Å². The third-order valence-electron chi connectivity index (χ3n) is 3.09. The molecule has 1 aromatic carbocycles. The number of hydrogen-bond donors (Lipinski definition) is 2. The molecule has 0 bridgehead atoms. The second kappa shape index (κ2) is 5.27. The van der Waals surface area contributed by atoms with E-state index in [9.17, 15) is 9.90 Å². The number of ether oxygens (including phenoxy) is 1. The number of carbonyl (C=O) groups is 1. The average molecular weight is 250 g/mol. The Morgan fingerprint density at radius 2 is 2.33 bits per heavy atom. The van der Waals surface area contributed by atoms with Crippen molar-refractivity contribution in [1.29, 1.82) is 0 Å². The number of hydrogen-bond acceptors (Lipinski definition) is 4. The molecule has 5 heteroatoms. The molecule has 5 nitrogen and oxygen atoms in total. The number of phenols is 1. The molecule has 1 aliphatic rings. The van der Waals surface area contributed by atoms with Gasteiger partial charge in [-0.05, 0) is 19.1 Å². The molecule has 1 aliphatic heterocycles. The van der Waals surface area contributed by atoms with E-state index >= 15 is 0 Å². The highest BCUT2D eigenvalue weighted by Gasteiger charge is 2.23. The van der Waals surface area contributed by atoms with Gasteiger partial charge in [0, 0.05) is 31.7 Å². The van der Waals surface area contributed by atoms with Gasteiger partial charge in [-0.2, -0.15) is 0 Å². The van der Waals surface area contributed by atoms with Crippen LogP contribution < -0.4 is 10.1 Å². The van der Waals surface area contributed by atoms with Crippen molar-refractivity contribution in [3.63, 3.8) is 0 Å². The highest BCUT2D eigenvalue weighted by molar-refractivity contribution is 5.97. The summed E-state index contributed by atoms with van der Waals surface area (Å²) in [6.45, 7) is 4.14. The Morgan fingerprint density at radius 1 is 1.56 bits per heavy atom. The smallest absolute Gasteiger partial charge is 0.257 e. The first-order valence-electron chi connectivity index (χ1n) is 6.01. The summed E-state index contributed by atoms with van der Waals surface area (Å²) in [6.07, 6.45) is 0. The number of methoxy groups -OCH3 is 1. The van der Waals surface area contributed by atoms with Gasteiger partial charge in [0.2, 0.25) is 0 Å². The van der Waals surface area contributed by atoms with Crippen LogP contribution in [-0.2, 0) is 0 Å². The number of phenolic OH excluding ortho intramolecular Hbond substituents is 1. The molecule has 0 aliphatic carbocycles. The highest BCUT2D eigenvalue weighted by Crippen LogP contribution is 2.24. The minimum atomic E-state index is -0.136. The van der Waals surface area contributed by atoms with Crippen LogP contribution in [0, 0.1) is 0 Å². The van der Waals surface area contributed by atoms with Crippen LogP contribution >= 0.6 is 0 Å². The zero-order valence-electron chi connectivity index (χ0n) is 10.6. The maximum absolute atomic E-state index is 12.3. The van der Waals surface area contributed by atoms with Crippen LogP contribution in [0.15, 0.2) is 18.2 Å². The predicted octanol–water partition coefficient (Wildman–Crippen LogP) is 0.835. The fourth-order valence-electron chi connectivity index (χ4n) is 2.11. The number of nitrogens with one attached hydrogen (secondary N) is 1. The van der Waals surface area contributed by atoms with Crippen LogP contribution in [0.3, 0.4) is 0 Å². The Hall–Kier alpha value is -1.75. The molecule has 1 heterocycles. The van der Waals surface area contributed by atoms with Gasteiger partial charge in [-0.15, -0.1) is 0 Å². The molecular weight excluding hydrogens is 232 g/mol. The van der Waals surface area contributed by atoms with E-state index in [0.717, 1.165) is 6.54 Å². The number of amides is 1. The van der Waals surface area contributed by atoms with Crippen molar-refractivity contribution < 1.29 is 14.6 Å².